The first-order valence-corrected chi connectivity index (χ1v) is 36.6. The van der Waals surface area contributed by atoms with Crippen molar-refractivity contribution in [2.45, 2.75) is 52.6 Å². The Morgan fingerprint density at radius 3 is 0.566 bits per heavy atom. The van der Waals surface area contributed by atoms with E-state index in [0.29, 0.717) is 52.9 Å². The molecule has 99 heavy (non-hydrogen) atoms. The second-order valence-corrected chi connectivity index (χ2v) is 29.6. The van der Waals surface area contributed by atoms with Gasteiger partial charge in [-0.05, 0) is 68.8 Å². The average molecular weight is 1520 g/mol. The molecule has 18 bridgehead atoms. The second kappa shape index (κ2) is 28.3. The first-order chi connectivity index (χ1) is 44.9. The van der Waals surface area contributed by atoms with E-state index >= 15 is 0 Å². The number of nitrogens with zero attached hydrogens (tertiary/aromatic N) is 4. The van der Waals surface area contributed by atoms with Crippen LogP contribution in [-0.4, -0.2) is 26.4 Å². The number of hydrogen-bond acceptors (Lipinski definition) is 5. The van der Waals surface area contributed by atoms with E-state index in [1.165, 1.54) is 44.5 Å². The molecule has 25 heterocycles. The molecule has 30 rings (SSSR count). The van der Waals surface area contributed by atoms with Crippen LogP contribution in [0.3, 0.4) is 0 Å². The topological polar surface area (TPSA) is 61.7 Å². The maximum Gasteiger partial charge on any atom is 0.173 e. The zero-order valence-electron chi connectivity index (χ0n) is 51.0. The van der Waals surface area contributed by atoms with Crippen LogP contribution in [0.25, 0.3) is 22.3 Å². The van der Waals surface area contributed by atoms with E-state index in [1.54, 1.807) is 0 Å². The molecule has 0 saturated carbocycles. The van der Waals surface area contributed by atoms with Gasteiger partial charge in [0, 0.05) is 70.8 Å². The molecule has 5 aromatic carbocycles. The molecule has 0 unspecified atom stereocenters. The molecule has 0 atom stereocenters. The summed E-state index contributed by atoms with van der Waals surface area (Å²) in [5.41, 5.74) is 14.5. The summed E-state index contributed by atoms with van der Waals surface area (Å²) in [7, 11) is -42.6. The van der Waals surface area contributed by atoms with Crippen molar-refractivity contribution in [2.24, 2.45) is 0 Å². The molecule has 0 aliphatic carbocycles. The van der Waals surface area contributed by atoms with Crippen molar-refractivity contribution in [3.05, 3.63) is 264 Å². The standard InChI is InChI=1S/C36H32N4.C26H28O5.4F6P/c1-2-30-4-3-29(1)25-37-17-9-33(10-18-37)35-13-21-39(22-14-35)27-31-5-7-32(8-6-31)28-40-23-15-36(16-24-40)34-11-19-38(26-30)20-12-34;1-2-24-4-3-23(1)19-30-25-9-5-21(6-10-25)17-28-15-13-27-14-16-29-18-22-7-11-26(12-8-22)31-20-24;4*1-7(2,3,4,5)6/h1-24H,25-28H2;1-12H,13-20H2;;;;/q+4;;4*-1. The van der Waals surface area contributed by atoms with Crippen LogP contribution < -0.4 is 27.7 Å². The van der Waals surface area contributed by atoms with Gasteiger partial charge in [-0.3, -0.25) is 0 Å². The predicted octanol–water partition coefficient (Wildman–Crippen LogP) is 23.1. The van der Waals surface area contributed by atoms with Gasteiger partial charge in [0.2, 0.25) is 0 Å². The van der Waals surface area contributed by atoms with E-state index in [4.69, 9.17) is 23.7 Å². The minimum Gasteiger partial charge on any atom is -0.489 e. The number of pyridine rings is 4. The molecule has 9 nitrogen and oxygen atoms in total. The predicted molar refractivity (Wildman–Crippen MR) is 326 cm³/mol. The summed E-state index contributed by atoms with van der Waals surface area (Å²) in [6.45, 7) is 7.78. The molecule has 37 heteroatoms. The van der Waals surface area contributed by atoms with Gasteiger partial charge in [0.15, 0.2) is 75.8 Å². The van der Waals surface area contributed by atoms with E-state index in [-0.39, 0.29) is 0 Å². The largest absolute Gasteiger partial charge is 0.489 e. The molecule has 0 saturated heterocycles. The van der Waals surface area contributed by atoms with Gasteiger partial charge in [-0.1, -0.05) is 97.1 Å². The van der Waals surface area contributed by atoms with Crippen LogP contribution in [0.5, 0.6) is 11.5 Å². The Balaban J connectivity index is 0.000000229. The first-order valence-electron chi connectivity index (χ1n) is 28.5. The van der Waals surface area contributed by atoms with Gasteiger partial charge >= 0.3 is 132 Å². The van der Waals surface area contributed by atoms with E-state index in [9.17, 15) is 101 Å². The summed E-state index contributed by atoms with van der Waals surface area (Å²) in [6, 6.07) is 59.8. The molecular weight excluding hydrogens is 1460 g/mol. The monoisotopic (exact) mass is 1520 g/mol. The minimum absolute atomic E-state index is 0.526. The molecule has 0 radical (unpaired) electrons. The third-order valence-corrected chi connectivity index (χ3v) is 12.7. The molecule has 21 aliphatic heterocycles. The summed E-state index contributed by atoms with van der Waals surface area (Å²) < 4.78 is 274. The zero-order valence-corrected chi connectivity index (χ0v) is 54.5. The maximum absolute atomic E-state index is 10.7. The van der Waals surface area contributed by atoms with Gasteiger partial charge in [0.1, 0.15) is 24.7 Å². The fourth-order valence-corrected chi connectivity index (χ4v) is 8.51. The third kappa shape index (κ3) is 42.7. The maximum atomic E-state index is 9.87. The Labute approximate surface area is 548 Å². The summed E-state index contributed by atoms with van der Waals surface area (Å²) >= 11 is 0. The zero-order chi connectivity index (χ0) is 73.5. The average Bonchev–Trinajstić information content (AvgIpc) is 0.801. The minimum atomic E-state index is -10.7. The Hall–Kier alpha value is -7.78. The van der Waals surface area contributed by atoms with Crippen molar-refractivity contribution in [3.8, 4) is 33.8 Å². The third-order valence-electron chi connectivity index (χ3n) is 12.7. The summed E-state index contributed by atoms with van der Waals surface area (Å²) in [5.74, 6) is 1.68. The van der Waals surface area contributed by atoms with Gasteiger partial charge < -0.3 is 23.7 Å². The van der Waals surface area contributed by atoms with Crippen LogP contribution in [0.4, 0.5) is 101 Å². The quantitative estimate of drug-likeness (QED) is 0.0860. The van der Waals surface area contributed by atoms with Crippen molar-refractivity contribution in [2.75, 3.05) is 26.4 Å². The Morgan fingerprint density at radius 1 is 0.202 bits per heavy atom. The van der Waals surface area contributed by atoms with Crippen molar-refractivity contribution >= 4 is 31.2 Å². The van der Waals surface area contributed by atoms with Crippen molar-refractivity contribution in [3.63, 3.8) is 0 Å². The van der Waals surface area contributed by atoms with Gasteiger partial charge in [-0.2, -0.15) is 0 Å². The van der Waals surface area contributed by atoms with Crippen LogP contribution >= 0.6 is 31.2 Å². The molecule has 0 spiro atoms. The van der Waals surface area contributed by atoms with Crippen molar-refractivity contribution in [1.82, 2.24) is 0 Å². The van der Waals surface area contributed by atoms with Crippen molar-refractivity contribution in [1.29, 1.82) is 0 Å². The molecule has 4 aromatic heterocycles. The Kier molecular flexibility index (Phi) is 22.9. The second-order valence-electron chi connectivity index (χ2n) is 21.9. The smallest absolute Gasteiger partial charge is 0.173 e. The Bertz CT molecular complexity index is 3560. The van der Waals surface area contributed by atoms with E-state index < -0.39 is 31.2 Å². The van der Waals surface area contributed by atoms with Gasteiger partial charge in [-0.15, -0.1) is 0 Å². The van der Waals surface area contributed by atoms with Crippen LogP contribution in [0.2, 0.25) is 0 Å². The summed E-state index contributed by atoms with van der Waals surface area (Å²) in [6.07, 6.45) is 17.4. The van der Waals surface area contributed by atoms with Crippen LogP contribution in [0.1, 0.15) is 44.5 Å². The molecule has 0 amide bonds. The molecule has 546 valence electrons. The SMILES string of the molecule is F[P-](F)(F)(F)(F)F.F[P-](F)(F)(F)(F)F.F[P-](F)(F)(F)(F)F.F[P-](F)(F)(F)(F)F.c1cc2ccc1COCCOCCOCc1ccc(cc1)OCc1ccc(cc1)CO2.c1cc2ccc1C[n+]1ccc(cc1)-c1cc[n+](cc1)Cc1ccc(cc1)C[n+]1ccc(cc1)-c1cc[n+](cc1)C2. The molecule has 21 aliphatic rings. The van der Waals surface area contributed by atoms with Crippen molar-refractivity contribution < 1.29 is 143 Å². The van der Waals surface area contributed by atoms with E-state index in [0.717, 1.165) is 59.9 Å². The number of ether oxygens (including phenoxy) is 5. The summed E-state index contributed by atoms with van der Waals surface area (Å²) in [5, 5.41) is 0. The normalized spacial score (nSPS) is 16.7. The van der Waals surface area contributed by atoms with Gasteiger partial charge in [0.25, 0.3) is 0 Å². The molecule has 9 aromatic rings. The molecule has 0 fully saturated rings. The Morgan fingerprint density at radius 2 is 0.364 bits per heavy atom. The number of halogens is 24. The molecule has 0 N–H and O–H groups in total. The number of aromatic nitrogens is 4. The van der Waals surface area contributed by atoms with Crippen LogP contribution in [0.15, 0.2) is 219 Å². The van der Waals surface area contributed by atoms with E-state index in [1.807, 2.05) is 48.5 Å². The molecular formula is C62H60F24N4O5P4. The first kappa shape index (κ1) is 80.2. The van der Waals surface area contributed by atoms with Crippen LogP contribution in [-0.2, 0) is 66.8 Å². The fraction of sp³-hybridized carbons (Fsp3) is 0.194. The summed E-state index contributed by atoms with van der Waals surface area (Å²) in [4.78, 5) is 0. The van der Waals surface area contributed by atoms with Crippen LogP contribution in [0, 0.1) is 0 Å². The number of benzene rings is 5. The number of rotatable bonds is 0. The van der Waals surface area contributed by atoms with E-state index in [2.05, 4.69) is 189 Å². The van der Waals surface area contributed by atoms with Gasteiger partial charge in [-0.25, -0.2) is 18.3 Å². The van der Waals surface area contributed by atoms with Gasteiger partial charge in [0.05, 0.1) is 39.6 Å². The fourth-order valence-electron chi connectivity index (χ4n) is 8.51. The number of hydrogen-bond donors (Lipinski definition) is 0. The number of fused-ring (bicyclic) bond motifs is 1.